The highest BCUT2D eigenvalue weighted by Crippen LogP contribution is 2.37. The van der Waals surface area contributed by atoms with Crippen molar-refractivity contribution in [3.63, 3.8) is 0 Å². The Morgan fingerprint density at radius 1 is 1.21 bits per heavy atom. The summed E-state index contributed by atoms with van der Waals surface area (Å²) in [4.78, 5) is 2.44. The summed E-state index contributed by atoms with van der Waals surface area (Å²) < 4.78 is 0. The van der Waals surface area contributed by atoms with Gasteiger partial charge in [0.2, 0.25) is 0 Å². The first-order valence-corrected chi connectivity index (χ1v) is 7.26. The molecule has 0 bridgehead atoms. The van der Waals surface area contributed by atoms with Crippen molar-refractivity contribution < 1.29 is 10.0 Å². The van der Waals surface area contributed by atoms with E-state index in [1.54, 1.807) is 6.07 Å². The van der Waals surface area contributed by atoms with E-state index in [9.17, 15) is 10.0 Å². The zero-order valence-electron chi connectivity index (χ0n) is 12.0. The van der Waals surface area contributed by atoms with E-state index in [0.29, 0.717) is 10.9 Å². The average Bonchev–Trinajstić information content (AvgIpc) is 2.83. The van der Waals surface area contributed by atoms with E-state index < -0.39 is 7.12 Å². The lowest BCUT2D eigenvalue weighted by Gasteiger charge is -2.26. The molecule has 1 aliphatic rings. The van der Waals surface area contributed by atoms with Crippen LogP contribution in [0.2, 0.25) is 0 Å². The average molecular weight is 261 g/mol. The molecule has 0 spiro atoms. The van der Waals surface area contributed by atoms with Gasteiger partial charge in [0.25, 0.3) is 0 Å². The lowest BCUT2D eigenvalue weighted by molar-refractivity contribution is 0.236. The monoisotopic (exact) mass is 261 g/mol. The highest BCUT2D eigenvalue weighted by molar-refractivity contribution is 6.59. The maximum absolute atomic E-state index is 9.41. The van der Waals surface area contributed by atoms with E-state index in [0.717, 1.165) is 25.2 Å². The van der Waals surface area contributed by atoms with Crippen LogP contribution in [0.5, 0.6) is 0 Å². The molecule has 0 radical (unpaired) electrons. The number of likely N-dealkylation sites (tertiary alicyclic amines) is 1. The molecule has 3 nitrogen and oxygen atoms in total. The Morgan fingerprint density at radius 2 is 1.89 bits per heavy atom. The van der Waals surface area contributed by atoms with Gasteiger partial charge in [0.1, 0.15) is 0 Å². The van der Waals surface area contributed by atoms with Crippen LogP contribution in [0.15, 0.2) is 24.3 Å². The molecule has 4 heteroatoms. The molecule has 2 rings (SSSR count). The molecule has 1 fully saturated rings. The van der Waals surface area contributed by atoms with E-state index >= 15 is 0 Å². The number of rotatable bonds is 5. The van der Waals surface area contributed by atoms with E-state index in [4.69, 9.17) is 0 Å². The first kappa shape index (κ1) is 14.6. The van der Waals surface area contributed by atoms with E-state index in [1.807, 2.05) is 18.2 Å². The minimum absolute atomic E-state index is 0.465. The zero-order chi connectivity index (χ0) is 13.9. The van der Waals surface area contributed by atoms with Gasteiger partial charge in [-0.25, -0.2) is 0 Å². The Morgan fingerprint density at radius 3 is 2.47 bits per heavy atom. The van der Waals surface area contributed by atoms with Crippen molar-refractivity contribution in [2.75, 3.05) is 13.1 Å². The zero-order valence-corrected chi connectivity index (χ0v) is 12.0. The van der Waals surface area contributed by atoms with Crippen LogP contribution in [-0.4, -0.2) is 35.2 Å². The highest BCUT2D eigenvalue weighted by atomic mass is 16.4. The van der Waals surface area contributed by atoms with Crippen LogP contribution in [-0.2, 0) is 6.54 Å². The van der Waals surface area contributed by atoms with Crippen molar-refractivity contribution in [2.24, 2.45) is 5.41 Å². The molecule has 1 heterocycles. The van der Waals surface area contributed by atoms with Crippen molar-refractivity contribution in [1.82, 2.24) is 4.90 Å². The predicted molar refractivity (Wildman–Crippen MR) is 79.2 cm³/mol. The molecule has 0 aromatic heterocycles. The molecule has 0 atom stereocenters. The number of benzene rings is 1. The number of hydrogen-bond acceptors (Lipinski definition) is 3. The Balaban J connectivity index is 2.07. The van der Waals surface area contributed by atoms with Crippen LogP contribution < -0.4 is 5.46 Å². The third kappa shape index (κ3) is 3.19. The Labute approximate surface area is 116 Å². The lowest BCUT2D eigenvalue weighted by atomic mass is 9.77. The van der Waals surface area contributed by atoms with Crippen LogP contribution in [0.1, 0.15) is 38.7 Å². The molecular formula is C15H24BNO2. The Bertz CT molecular complexity index is 418. The van der Waals surface area contributed by atoms with E-state index in [2.05, 4.69) is 18.7 Å². The third-order valence-corrected chi connectivity index (χ3v) is 4.74. The van der Waals surface area contributed by atoms with Crippen LogP contribution >= 0.6 is 0 Å². The van der Waals surface area contributed by atoms with Gasteiger partial charge in [0, 0.05) is 13.1 Å². The van der Waals surface area contributed by atoms with E-state index in [1.165, 1.54) is 19.3 Å². The molecule has 0 aliphatic carbocycles. The summed E-state index contributed by atoms with van der Waals surface area (Å²) in [6, 6.07) is 7.60. The van der Waals surface area contributed by atoms with Gasteiger partial charge in [-0.3, -0.25) is 4.90 Å². The normalized spacial score (nSPS) is 18.7. The number of nitrogens with zero attached hydrogens (tertiary/aromatic N) is 1. The van der Waals surface area contributed by atoms with Gasteiger partial charge >= 0.3 is 7.12 Å². The minimum atomic E-state index is -1.37. The van der Waals surface area contributed by atoms with Gasteiger partial charge in [0.05, 0.1) is 0 Å². The topological polar surface area (TPSA) is 43.7 Å². The Kier molecular flexibility index (Phi) is 4.66. The molecule has 0 saturated carbocycles. The molecule has 0 amide bonds. The van der Waals surface area contributed by atoms with Crippen LogP contribution in [0.4, 0.5) is 0 Å². The fourth-order valence-corrected chi connectivity index (χ4v) is 3.16. The van der Waals surface area contributed by atoms with Crippen molar-refractivity contribution in [2.45, 2.75) is 39.7 Å². The molecule has 0 unspecified atom stereocenters. The SMILES string of the molecule is CCC1(CC)CCN(Cc2ccccc2B(O)O)C1. The summed E-state index contributed by atoms with van der Waals surface area (Å²) >= 11 is 0. The largest absolute Gasteiger partial charge is 0.488 e. The lowest BCUT2D eigenvalue weighted by Crippen LogP contribution is -2.35. The van der Waals surface area contributed by atoms with Gasteiger partial charge < -0.3 is 10.0 Å². The standard InChI is InChI=1S/C15H24BNO2/c1-3-15(4-2)9-10-17(12-15)11-13-7-5-6-8-14(13)16(18)19/h5-8,18-19H,3-4,9-12H2,1-2H3. The summed E-state index contributed by atoms with van der Waals surface area (Å²) in [5.74, 6) is 0. The first-order valence-electron chi connectivity index (χ1n) is 7.26. The van der Waals surface area contributed by atoms with Crippen molar-refractivity contribution in [3.8, 4) is 0 Å². The highest BCUT2D eigenvalue weighted by Gasteiger charge is 2.35. The molecule has 2 N–H and O–H groups in total. The summed E-state index contributed by atoms with van der Waals surface area (Å²) in [5, 5.41) is 18.8. The molecule has 1 saturated heterocycles. The summed E-state index contributed by atoms with van der Waals surface area (Å²) in [6.45, 7) is 7.60. The van der Waals surface area contributed by atoms with Gasteiger partial charge in [-0.1, -0.05) is 38.1 Å². The maximum atomic E-state index is 9.41. The predicted octanol–water partition coefficient (Wildman–Crippen LogP) is 1.38. The van der Waals surface area contributed by atoms with Gasteiger partial charge in [-0.2, -0.15) is 0 Å². The van der Waals surface area contributed by atoms with Crippen LogP contribution in [0, 0.1) is 5.41 Å². The van der Waals surface area contributed by atoms with Crippen molar-refractivity contribution in [1.29, 1.82) is 0 Å². The smallest absolute Gasteiger partial charge is 0.423 e. The van der Waals surface area contributed by atoms with E-state index in [-0.39, 0.29) is 0 Å². The first-order chi connectivity index (χ1) is 9.10. The minimum Gasteiger partial charge on any atom is -0.423 e. The molecule has 1 aromatic carbocycles. The second-order valence-corrected chi connectivity index (χ2v) is 5.74. The fourth-order valence-electron chi connectivity index (χ4n) is 3.16. The Hall–Kier alpha value is -0.835. The summed E-state index contributed by atoms with van der Waals surface area (Å²) in [7, 11) is -1.37. The molecule has 19 heavy (non-hydrogen) atoms. The van der Waals surface area contributed by atoms with Crippen LogP contribution in [0.25, 0.3) is 0 Å². The summed E-state index contributed by atoms with van der Waals surface area (Å²) in [6.07, 6.45) is 3.71. The van der Waals surface area contributed by atoms with Gasteiger partial charge in [0.15, 0.2) is 0 Å². The van der Waals surface area contributed by atoms with Crippen molar-refractivity contribution in [3.05, 3.63) is 29.8 Å². The van der Waals surface area contributed by atoms with Gasteiger partial charge in [-0.05, 0) is 42.2 Å². The maximum Gasteiger partial charge on any atom is 0.488 e. The fraction of sp³-hybridized carbons (Fsp3) is 0.600. The van der Waals surface area contributed by atoms with Crippen molar-refractivity contribution >= 4 is 12.6 Å². The quantitative estimate of drug-likeness (QED) is 0.787. The molecule has 104 valence electrons. The summed E-state index contributed by atoms with van der Waals surface area (Å²) in [5.41, 5.74) is 2.13. The second kappa shape index (κ2) is 6.08. The molecular weight excluding hydrogens is 237 g/mol. The van der Waals surface area contributed by atoms with Gasteiger partial charge in [-0.15, -0.1) is 0 Å². The number of hydrogen-bond donors (Lipinski definition) is 2. The second-order valence-electron chi connectivity index (χ2n) is 5.74. The van der Waals surface area contributed by atoms with Crippen LogP contribution in [0.3, 0.4) is 0 Å². The molecule has 1 aliphatic heterocycles. The molecule has 1 aromatic rings. The third-order valence-electron chi connectivity index (χ3n) is 4.74.